The quantitative estimate of drug-likeness (QED) is 0.592. The molecule has 0 amide bonds. The van der Waals surface area contributed by atoms with Gasteiger partial charge in [0.25, 0.3) is 0 Å². The molecule has 0 bridgehead atoms. The van der Waals surface area contributed by atoms with Gasteiger partial charge in [-0.05, 0) is 30.6 Å². The molecule has 0 aliphatic rings. The first kappa shape index (κ1) is 18.6. The van der Waals surface area contributed by atoms with Crippen molar-refractivity contribution in [2.45, 2.75) is 60.3 Å². The van der Waals surface area contributed by atoms with Gasteiger partial charge in [0.15, 0.2) is 0 Å². The molecule has 0 aliphatic heterocycles. The smallest absolute Gasteiger partial charge is 0.137 e. The van der Waals surface area contributed by atoms with E-state index in [1.54, 1.807) is 6.20 Å². The van der Waals surface area contributed by atoms with Crippen LogP contribution in [0, 0.1) is 34.5 Å². The summed E-state index contributed by atoms with van der Waals surface area (Å²) in [5, 5.41) is 16.8. The van der Waals surface area contributed by atoms with Crippen LogP contribution in [-0.4, -0.2) is 11.9 Å². The SMILES string of the molecule is CCCCC(CC)/C(=C/N=CC(C)C(C)C)C(=N)C#N. The van der Waals surface area contributed by atoms with E-state index in [0.717, 1.165) is 31.3 Å². The molecule has 0 radical (unpaired) electrons. The van der Waals surface area contributed by atoms with Crippen LogP contribution in [-0.2, 0) is 0 Å². The Bertz CT molecular complexity index is 386. The zero-order valence-corrected chi connectivity index (χ0v) is 13.6. The topological polar surface area (TPSA) is 60.0 Å². The Morgan fingerprint density at radius 1 is 1.30 bits per heavy atom. The van der Waals surface area contributed by atoms with Crippen LogP contribution in [0.1, 0.15) is 60.3 Å². The maximum atomic E-state index is 9.00. The van der Waals surface area contributed by atoms with Gasteiger partial charge in [0.1, 0.15) is 11.8 Å². The van der Waals surface area contributed by atoms with Crippen molar-refractivity contribution < 1.29 is 0 Å². The fourth-order valence-corrected chi connectivity index (χ4v) is 1.90. The van der Waals surface area contributed by atoms with Crippen molar-refractivity contribution in [3.05, 3.63) is 11.8 Å². The highest BCUT2D eigenvalue weighted by molar-refractivity contribution is 6.09. The molecule has 2 unspecified atom stereocenters. The third-order valence-corrected chi connectivity index (χ3v) is 3.83. The zero-order chi connectivity index (χ0) is 15.5. The minimum atomic E-state index is 0.0577. The van der Waals surface area contributed by atoms with Crippen molar-refractivity contribution in [1.82, 2.24) is 0 Å². The summed E-state index contributed by atoms with van der Waals surface area (Å²) < 4.78 is 0. The largest absolute Gasteiger partial charge is 0.290 e. The monoisotopic (exact) mass is 275 g/mol. The Morgan fingerprint density at radius 3 is 2.40 bits per heavy atom. The highest BCUT2D eigenvalue weighted by Crippen LogP contribution is 2.23. The van der Waals surface area contributed by atoms with E-state index >= 15 is 0 Å². The molecule has 20 heavy (non-hydrogen) atoms. The molecule has 2 atom stereocenters. The van der Waals surface area contributed by atoms with Crippen LogP contribution in [0.5, 0.6) is 0 Å². The predicted molar refractivity (Wildman–Crippen MR) is 87.2 cm³/mol. The Balaban J connectivity index is 5.04. The van der Waals surface area contributed by atoms with Crippen molar-refractivity contribution in [3.63, 3.8) is 0 Å². The van der Waals surface area contributed by atoms with Gasteiger partial charge < -0.3 is 0 Å². The van der Waals surface area contributed by atoms with Gasteiger partial charge in [0.2, 0.25) is 0 Å². The third-order valence-electron chi connectivity index (χ3n) is 3.83. The molecule has 0 saturated carbocycles. The third kappa shape index (κ3) is 6.65. The average Bonchev–Trinajstić information content (AvgIpc) is 2.44. The van der Waals surface area contributed by atoms with Gasteiger partial charge in [0, 0.05) is 18.0 Å². The van der Waals surface area contributed by atoms with E-state index in [2.05, 4.69) is 39.6 Å². The molecule has 112 valence electrons. The van der Waals surface area contributed by atoms with Crippen molar-refractivity contribution in [2.24, 2.45) is 22.7 Å². The number of nitrogens with zero attached hydrogens (tertiary/aromatic N) is 2. The van der Waals surface area contributed by atoms with E-state index in [4.69, 9.17) is 10.7 Å². The minimum absolute atomic E-state index is 0.0577. The summed E-state index contributed by atoms with van der Waals surface area (Å²) in [4.78, 5) is 4.36. The molecule has 0 aromatic heterocycles. The van der Waals surface area contributed by atoms with Gasteiger partial charge in [-0.25, -0.2) is 0 Å². The van der Waals surface area contributed by atoms with Crippen molar-refractivity contribution in [3.8, 4) is 6.07 Å². The molecular weight excluding hydrogens is 246 g/mol. The summed E-state index contributed by atoms with van der Waals surface area (Å²) in [7, 11) is 0. The lowest BCUT2D eigenvalue weighted by Crippen LogP contribution is -2.11. The Kier molecular flexibility index (Phi) is 9.63. The Labute approximate surface area is 124 Å². The summed E-state index contributed by atoms with van der Waals surface area (Å²) in [5.74, 6) is 1.22. The summed E-state index contributed by atoms with van der Waals surface area (Å²) in [6.07, 6.45) is 7.89. The Hall–Kier alpha value is -1.43. The van der Waals surface area contributed by atoms with Gasteiger partial charge in [-0.15, -0.1) is 0 Å². The van der Waals surface area contributed by atoms with Crippen LogP contribution in [0.25, 0.3) is 0 Å². The fourth-order valence-electron chi connectivity index (χ4n) is 1.90. The van der Waals surface area contributed by atoms with Crippen LogP contribution in [0.15, 0.2) is 16.8 Å². The highest BCUT2D eigenvalue weighted by Gasteiger charge is 2.16. The van der Waals surface area contributed by atoms with Gasteiger partial charge in [0.05, 0.1) is 0 Å². The lowest BCUT2D eigenvalue weighted by atomic mass is 9.89. The summed E-state index contributed by atoms with van der Waals surface area (Å²) in [5.41, 5.74) is 0.845. The molecule has 0 saturated heterocycles. The van der Waals surface area contributed by atoms with E-state index in [9.17, 15) is 0 Å². The fraction of sp³-hybridized carbons (Fsp3) is 0.706. The van der Waals surface area contributed by atoms with E-state index in [-0.39, 0.29) is 11.6 Å². The molecule has 1 N–H and O–H groups in total. The second-order valence-electron chi connectivity index (χ2n) is 5.72. The lowest BCUT2D eigenvalue weighted by Gasteiger charge is -2.16. The van der Waals surface area contributed by atoms with Crippen LogP contribution in [0.2, 0.25) is 0 Å². The molecule has 0 spiro atoms. The first-order chi connectivity index (χ1) is 9.47. The minimum Gasteiger partial charge on any atom is -0.290 e. The average molecular weight is 275 g/mol. The van der Waals surface area contributed by atoms with Gasteiger partial charge in [-0.2, -0.15) is 5.26 Å². The first-order valence-corrected chi connectivity index (χ1v) is 7.70. The first-order valence-electron chi connectivity index (χ1n) is 7.70. The predicted octanol–water partition coefficient (Wildman–Crippen LogP) is 4.99. The van der Waals surface area contributed by atoms with Crippen molar-refractivity contribution >= 4 is 11.9 Å². The maximum absolute atomic E-state index is 9.00. The molecule has 0 heterocycles. The number of allylic oxidation sites excluding steroid dienone is 1. The summed E-state index contributed by atoms with van der Waals surface area (Å²) in [6, 6.07) is 1.96. The normalized spacial score (nSPS) is 15.3. The van der Waals surface area contributed by atoms with Crippen LogP contribution in [0.4, 0.5) is 0 Å². The highest BCUT2D eigenvalue weighted by atomic mass is 14.7. The van der Waals surface area contributed by atoms with Crippen molar-refractivity contribution in [1.29, 1.82) is 10.7 Å². The standard InChI is InChI=1S/C17H29N3/c1-6-8-9-15(7-2)16(17(19)10-18)12-20-11-14(5)13(3)4/h11-15,19H,6-9H2,1-5H3/b16-12-,19-17?,20-11?. The number of aliphatic imine (C=N–C) groups is 1. The summed E-state index contributed by atoms with van der Waals surface area (Å²) in [6.45, 7) is 10.7. The van der Waals surface area contributed by atoms with E-state index in [0.29, 0.717) is 11.8 Å². The molecule has 3 heteroatoms. The second-order valence-corrected chi connectivity index (χ2v) is 5.72. The number of nitriles is 1. The van der Waals surface area contributed by atoms with Crippen LogP contribution >= 0.6 is 0 Å². The van der Waals surface area contributed by atoms with E-state index in [1.165, 1.54) is 0 Å². The molecule has 3 nitrogen and oxygen atoms in total. The van der Waals surface area contributed by atoms with Gasteiger partial charge in [-0.1, -0.05) is 47.5 Å². The number of unbranched alkanes of at least 4 members (excludes halogenated alkanes) is 1. The van der Waals surface area contributed by atoms with Crippen molar-refractivity contribution in [2.75, 3.05) is 0 Å². The van der Waals surface area contributed by atoms with E-state index < -0.39 is 0 Å². The maximum Gasteiger partial charge on any atom is 0.137 e. The molecule has 0 rings (SSSR count). The molecule has 0 aromatic carbocycles. The molecule has 0 aromatic rings. The molecular formula is C17H29N3. The van der Waals surface area contributed by atoms with E-state index in [1.807, 2.05) is 12.3 Å². The van der Waals surface area contributed by atoms with Crippen LogP contribution < -0.4 is 0 Å². The van der Waals surface area contributed by atoms with Gasteiger partial charge >= 0.3 is 0 Å². The summed E-state index contributed by atoms with van der Waals surface area (Å²) >= 11 is 0. The van der Waals surface area contributed by atoms with Gasteiger partial charge in [-0.3, -0.25) is 10.4 Å². The number of hydrogen-bond donors (Lipinski definition) is 1. The number of rotatable bonds is 9. The molecule has 0 aliphatic carbocycles. The number of nitrogens with one attached hydrogen (secondary N) is 1. The second kappa shape index (κ2) is 10.4. The zero-order valence-electron chi connectivity index (χ0n) is 13.6. The molecule has 0 fully saturated rings. The lowest BCUT2D eigenvalue weighted by molar-refractivity contribution is 0.526. The number of hydrogen-bond acceptors (Lipinski definition) is 3. The Morgan fingerprint density at radius 2 is 1.95 bits per heavy atom. The van der Waals surface area contributed by atoms with Crippen LogP contribution in [0.3, 0.4) is 0 Å².